The third-order valence-corrected chi connectivity index (χ3v) is 4.51. The van der Waals surface area contributed by atoms with E-state index in [4.69, 9.17) is 5.73 Å². The molecule has 1 heterocycles. The van der Waals surface area contributed by atoms with Crippen molar-refractivity contribution in [1.29, 1.82) is 0 Å². The summed E-state index contributed by atoms with van der Waals surface area (Å²) in [6.07, 6.45) is 5.33. The second kappa shape index (κ2) is 7.19. The average molecular weight is 297 g/mol. The van der Waals surface area contributed by atoms with Crippen LogP contribution in [0.15, 0.2) is 0 Å². The monoisotopic (exact) mass is 296 g/mol. The lowest BCUT2D eigenvalue weighted by molar-refractivity contribution is -0.0602. The summed E-state index contributed by atoms with van der Waals surface area (Å²) in [4.78, 5) is 2.38. The first-order valence-corrected chi connectivity index (χ1v) is 7.35. The van der Waals surface area contributed by atoms with Crippen LogP contribution in [0.1, 0.15) is 51.9 Å². The largest absolute Gasteiger partial charge is 0.327 e. The van der Waals surface area contributed by atoms with Crippen LogP contribution in [-0.2, 0) is 0 Å². The van der Waals surface area contributed by atoms with E-state index in [2.05, 4.69) is 4.90 Å². The van der Waals surface area contributed by atoms with Crippen LogP contribution in [0.2, 0.25) is 0 Å². The van der Waals surface area contributed by atoms with Crippen molar-refractivity contribution in [2.24, 2.45) is 11.7 Å². The van der Waals surface area contributed by atoms with Gasteiger partial charge in [-0.3, -0.25) is 4.90 Å². The zero-order valence-electron chi connectivity index (χ0n) is 11.8. The molecule has 114 valence electrons. The summed E-state index contributed by atoms with van der Waals surface area (Å²) >= 11 is 0. The zero-order valence-corrected chi connectivity index (χ0v) is 12.6. The van der Waals surface area contributed by atoms with Crippen LogP contribution in [0.3, 0.4) is 0 Å². The minimum Gasteiger partial charge on any atom is -0.327 e. The maximum absolute atomic E-state index is 13.4. The summed E-state index contributed by atoms with van der Waals surface area (Å²) in [6.45, 7) is 3.90. The number of hydrogen-bond donors (Lipinski definition) is 1. The van der Waals surface area contributed by atoms with E-state index in [1.165, 1.54) is 12.8 Å². The first-order chi connectivity index (χ1) is 8.48. The van der Waals surface area contributed by atoms with Crippen molar-refractivity contribution >= 4 is 12.4 Å². The Hall–Kier alpha value is 0.0700. The van der Waals surface area contributed by atoms with Crippen molar-refractivity contribution in [2.75, 3.05) is 13.1 Å². The fourth-order valence-electron chi connectivity index (χ4n) is 3.60. The van der Waals surface area contributed by atoms with E-state index in [-0.39, 0.29) is 37.2 Å². The number of likely N-dealkylation sites (tertiary alicyclic amines) is 1. The van der Waals surface area contributed by atoms with E-state index in [9.17, 15) is 8.78 Å². The van der Waals surface area contributed by atoms with Crippen LogP contribution in [0, 0.1) is 5.92 Å². The van der Waals surface area contributed by atoms with Crippen LogP contribution >= 0.6 is 12.4 Å². The van der Waals surface area contributed by atoms with Gasteiger partial charge in [-0.05, 0) is 45.1 Å². The number of hydrogen-bond acceptors (Lipinski definition) is 2. The van der Waals surface area contributed by atoms with Crippen LogP contribution in [0.5, 0.6) is 0 Å². The lowest BCUT2D eigenvalue weighted by Gasteiger charge is -2.41. The Morgan fingerprint density at radius 1 is 1.26 bits per heavy atom. The summed E-state index contributed by atoms with van der Waals surface area (Å²) in [5.74, 6) is -2.27. The number of rotatable bonds is 3. The molecule has 3 atom stereocenters. The molecule has 19 heavy (non-hydrogen) atoms. The molecular weight excluding hydrogens is 270 g/mol. The molecule has 1 saturated heterocycles. The summed E-state index contributed by atoms with van der Waals surface area (Å²) in [5.41, 5.74) is 6.03. The molecule has 3 unspecified atom stereocenters. The molecule has 0 aromatic heterocycles. The van der Waals surface area contributed by atoms with Crippen molar-refractivity contribution < 1.29 is 8.78 Å². The average Bonchev–Trinajstić information content (AvgIpc) is 2.28. The summed E-state index contributed by atoms with van der Waals surface area (Å²) < 4.78 is 26.8. The van der Waals surface area contributed by atoms with Gasteiger partial charge in [0.25, 0.3) is 0 Å². The molecule has 2 N–H and O–H groups in total. The normalized spacial score (nSPS) is 33.5. The van der Waals surface area contributed by atoms with Gasteiger partial charge in [-0.2, -0.15) is 0 Å². The van der Waals surface area contributed by atoms with Crippen molar-refractivity contribution in [3.63, 3.8) is 0 Å². The highest BCUT2D eigenvalue weighted by molar-refractivity contribution is 5.85. The van der Waals surface area contributed by atoms with Gasteiger partial charge in [0.05, 0.1) is 0 Å². The van der Waals surface area contributed by atoms with Gasteiger partial charge in [0.2, 0.25) is 5.92 Å². The Kier molecular flexibility index (Phi) is 6.48. The highest BCUT2D eigenvalue weighted by Gasteiger charge is 2.38. The number of alkyl halides is 2. The molecule has 5 heteroatoms. The lowest BCUT2D eigenvalue weighted by atomic mass is 9.85. The van der Waals surface area contributed by atoms with E-state index >= 15 is 0 Å². The number of halogens is 3. The molecule has 0 aromatic carbocycles. The molecule has 0 amide bonds. The number of piperidine rings is 1. The Balaban J connectivity index is 0.00000180. The Labute approximate surface area is 121 Å². The van der Waals surface area contributed by atoms with Crippen LogP contribution < -0.4 is 5.73 Å². The molecule has 0 spiro atoms. The molecule has 1 aliphatic carbocycles. The molecule has 1 saturated carbocycles. The molecule has 1 aliphatic heterocycles. The molecule has 0 aromatic rings. The third-order valence-electron chi connectivity index (χ3n) is 4.51. The van der Waals surface area contributed by atoms with E-state index in [0.29, 0.717) is 12.5 Å². The quantitative estimate of drug-likeness (QED) is 0.864. The molecule has 0 bridgehead atoms. The summed E-state index contributed by atoms with van der Waals surface area (Å²) in [6, 6.07) is 0.545. The standard InChI is InChI=1S/C14H26F2N2.ClH/c1-11(17)13-6-2-3-8-18(13)10-12-5-4-7-14(15,16)9-12;/h11-13H,2-10,17H2,1H3;1H. The minimum absolute atomic E-state index is 0. The van der Waals surface area contributed by atoms with E-state index in [0.717, 1.165) is 25.9 Å². The molecule has 2 fully saturated rings. The van der Waals surface area contributed by atoms with Crippen molar-refractivity contribution in [1.82, 2.24) is 4.90 Å². The van der Waals surface area contributed by atoms with E-state index in [1.807, 2.05) is 6.92 Å². The number of nitrogens with zero attached hydrogens (tertiary/aromatic N) is 1. The van der Waals surface area contributed by atoms with Crippen LogP contribution in [0.25, 0.3) is 0 Å². The van der Waals surface area contributed by atoms with Gasteiger partial charge in [0.1, 0.15) is 0 Å². The SMILES string of the molecule is CC(N)C1CCCCN1CC1CCCC(F)(F)C1.Cl. The van der Waals surface area contributed by atoms with Gasteiger partial charge in [-0.1, -0.05) is 6.42 Å². The lowest BCUT2D eigenvalue weighted by Crippen LogP contribution is -2.51. The third kappa shape index (κ3) is 4.83. The van der Waals surface area contributed by atoms with Gasteiger partial charge >= 0.3 is 0 Å². The fraction of sp³-hybridized carbons (Fsp3) is 1.00. The van der Waals surface area contributed by atoms with Gasteiger partial charge in [-0.15, -0.1) is 12.4 Å². The fourth-order valence-corrected chi connectivity index (χ4v) is 3.60. The zero-order chi connectivity index (χ0) is 13.2. The van der Waals surface area contributed by atoms with Gasteiger partial charge in [0.15, 0.2) is 0 Å². The van der Waals surface area contributed by atoms with Crippen molar-refractivity contribution in [2.45, 2.75) is 69.9 Å². The smallest absolute Gasteiger partial charge is 0.248 e. The highest BCUT2D eigenvalue weighted by atomic mass is 35.5. The topological polar surface area (TPSA) is 29.3 Å². The van der Waals surface area contributed by atoms with E-state index in [1.54, 1.807) is 0 Å². The second-order valence-electron chi connectivity index (χ2n) is 6.24. The maximum atomic E-state index is 13.4. The molecule has 2 aliphatic rings. The van der Waals surface area contributed by atoms with Gasteiger partial charge < -0.3 is 5.73 Å². The Morgan fingerprint density at radius 3 is 2.63 bits per heavy atom. The second-order valence-corrected chi connectivity index (χ2v) is 6.24. The highest BCUT2D eigenvalue weighted by Crippen LogP contribution is 2.37. The van der Waals surface area contributed by atoms with Gasteiger partial charge in [-0.25, -0.2) is 8.78 Å². The minimum atomic E-state index is -2.43. The predicted octanol–water partition coefficient (Wildman–Crippen LogP) is 3.44. The van der Waals surface area contributed by atoms with Crippen molar-refractivity contribution in [3.05, 3.63) is 0 Å². The molecular formula is C14H27ClF2N2. The Bertz CT molecular complexity index is 274. The van der Waals surface area contributed by atoms with Crippen LogP contribution in [-0.4, -0.2) is 36.0 Å². The Morgan fingerprint density at radius 2 is 2.00 bits per heavy atom. The first-order valence-electron chi connectivity index (χ1n) is 7.35. The first kappa shape index (κ1) is 17.1. The predicted molar refractivity (Wildman–Crippen MR) is 77.0 cm³/mol. The van der Waals surface area contributed by atoms with Crippen LogP contribution in [0.4, 0.5) is 8.78 Å². The molecule has 0 radical (unpaired) electrons. The molecule has 2 rings (SSSR count). The summed E-state index contributed by atoms with van der Waals surface area (Å²) in [7, 11) is 0. The number of nitrogens with two attached hydrogens (primary N) is 1. The summed E-state index contributed by atoms with van der Waals surface area (Å²) in [5, 5.41) is 0. The van der Waals surface area contributed by atoms with Gasteiger partial charge in [0, 0.05) is 31.5 Å². The maximum Gasteiger partial charge on any atom is 0.248 e. The molecule has 2 nitrogen and oxygen atoms in total. The van der Waals surface area contributed by atoms with E-state index < -0.39 is 5.92 Å². The van der Waals surface area contributed by atoms with Crippen molar-refractivity contribution in [3.8, 4) is 0 Å².